The summed E-state index contributed by atoms with van der Waals surface area (Å²) in [5.41, 5.74) is 0.367. The maximum Gasteiger partial charge on any atom is 0.223 e. The summed E-state index contributed by atoms with van der Waals surface area (Å²) >= 11 is 0. The van der Waals surface area contributed by atoms with Gasteiger partial charge in [-0.3, -0.25) is 4.79 Å². The van der Waals surface area contributed by atoms with Gasteiger partial charge in [0.1, 0.15) is 0 Å². The monoisotopic (exact) mass is 337 g/mol. The SMILES string of the molecule is CC1CC(NC(=O)C2CC23CCNCC3)CCN1C.Cl.Cl. The van der Waals surface area contributed by atoms with Crippen LogP contribution in [0.25, 0.3) is 0 Å². The number of piperidine rings is 2. The first kappa shape index (κ1) is 19.0. The molecule has 1 spiro atoms. The minimum Gasteiger partial charge on any atom is -0.353 e. The molecule has 3 fully saturated rings. The van der Waals surface area contributed by atoms with E-state index < -0.39 is 0 Å². The number of carbonyl (C=O) groups is 1. The van der Waals surface area contributed by atoms with E-state index >= 15 is 0 Å². The second-order valence-corrected chi connectivity index (χ2v) is 6.93. The number of likely N-dealkylation sites (tertiary alicyclic amines) is 1. The molecule has 1 amide bonds. The van der Waals surface area contributed by atoms with E-state index in [1.807, 2.05) is 0 Å². The summed E-state index contributed by atoms with van der Waals surface area (Å²) in [6.45, 7) is 5.54. The fourth-order valence-corrected chi connectivity index (χ4v) is 3.92. The van der Waals surface area contributed by atoms with Gasteiger partial charge in [-0.15, -0.1) is 24.8 Å². The third-order valence-electron chi connectivity index (χ3n) is 5.66. The summed E-state index contributed by atoms with van der Waals surface area (Å²) in [4.78, 5) is 14.8. The Morgan fingerprint density at radius 3 is 2.57 bits per heavy atom. The topological polar surface area (TPSA) is 44.4 Å². The molecule has 1 saturated carbocycles. The standard InChI is InChI=1S/C15H27N3O.2ClH/c1-11-9-12(3-8-18(11)2)17-14(19)13-10-15(13)4-6-16-7-5-15;;/h11-13,16H,3-10H2,1-2H3,(H,17,19);2*1H. The smallest absolute Gasteiger partial charge is 0.223 e. The molecule has 0 aromatic carbocycles. The van der Waals surface area contributed by atoms with Crippen LogP contribution in [0.2, 0.25) is 0 Å². The van der Waals surface area contributed by atoms with E-state index in [1.165, 1.54) is 12.8 Å². The Hall–Kier alpha value is -0.0300. The number of amides is 1. The van der Waals surface area contributed by atoms with Crippen molar-refractivity contribution in [1.82, 2.24) is 15.5 Å². The Balaban J connectivity index is 0.00000110. The molecule has 0 aromatic rings. The van der Waals surface area contributed by atoms with Crippen molar-refractivity contribution in [2.24, 2.45) is 11.3 Å². The van der Waals surface area contributed by atoms with Gasteiger partial charge in [0, 0.05) is 24.5 Å². The molecular weight excluding hydrogens is 309 g/mol. The van der Waals surface area contributed by atoms with Gasteiger partial charge >= 0.3 is 0 Å². The molecule has 124 valence electrons. The van der Waals surface area contributed by atoms with Crippen LogP contribution in [0.1, 0.15) is 39.0 Å². The summed E-state index contributed by atoms with van der Waals surface area (Å²) < 4.78 is 0. The van der Waals surface area contributed by atoms with Crippen molar-refractivity contribution in [2.75, 3.05) is 26.7 Å². The number of carbonyl (C=O) groups excluding carboxylic acids is 1. The Morgan fingerprint density at radius 1 is 1.29 bits per heavy atom. The summed E-state index contributed by atoms with van der Waals surface area (Å²) in [5, 5.41) is 6.71. The van der Waals surface area contributed by atoms with Gasteiger partial charge in [-0.2, -0.15) is 0 Å². The lowest BCUT2D eigenvalue weighted by atomic mass is 9.91. The first-order valence-electron chi connectivity index (χ1n) is 7.82. The van der Waals surface area contributed by atoms with Gasteiger partial charge in [0.05, 0.1) is 0 Å². The first-order chi connectivity index (χ1) is 9.11. The number of nitrogens with one attached hydrogen (secondary N) is 2. The lowest BCUT2D eigenvalue weighted by Crippen LogP contribution is -2.48. The van der Waals surface area contributed by atoms with Crippen LogP contribution in [-0.2, 0) is 4.79 Å². The van der Waals surface area contributed by atoms with Gasteiger partial charge in [-0.05, 0) is 64.6 Å². The fourth-order valence-electron chi connectivity index (χ4n) is 3.92. The molecule has 2 N–H and O–H groups in total. The quantitative estimate of drug-likeness (QED) is 0.807. The number of halogens is 2. The summed E-state index contributed by atoms with van der Waals surface area (Å²) in [6.07, 6.45) is 5.71. The number of hydrogen-bond acceptors (Lipinski definition) is 3. The Kier molecular flexibility index (Phi) is 6.79. The number of rotatable bonds is 2. The molecule has 6 heteroatoms. The minimum absolute atomic E-state index is 0. The van der Waals surface area contributed by atoms with Crippen molar-refractivity contribution < 1.29 is 4.79 Å². The van der Waals surface area contributed by atoms with Crippen molar-refractivity contribution in [3.8, 4) is 0 Å². The van der Waals surface area contributed by atoms with Crippen LogP contribution in [-0.4, -0.2) is 49.6 Å². The highest BCUT2D eigenvalue weighted by molar-refractivity contribution is 5.85. The van der Waals surface area contributed by atoms with E-state index in [9.17, 15) is 4.79 Å². The summed E-state index contributed by atoms with van der Waals surface area (Å²) in [5.74, 6) is 0.646. The third kappa shape index (κ3) is 4.04. The predicted molar refractivity (Wildman–Crippen MR) is 90.4 cm³/mol. The zero-order valence-electron chi connectivity index (χ0n) is 13.1. The highest BCUT2D eigenvalue weighted by atomic mass is 35.5. The van der Waals surface area contributed by atoms with E-state index in [4.69, 9.17) is 0 Å². The molecule has 3 rings (SSSR count). The van der Waals surface area contributed by atoms with Gasteiger partial charge in [-0.25, -0.2) is 0 Å². The lowest BCUT2D eigenvalue weighted by molar-refractivity contribution is -0.124. The molecule has 3 aliphatic rings. The molecule has 2 heterocycles. The van der Waals surface area contributed by atoms with Crippen LogP contribution in [0.3, 0.4) is 0 Å². The van der Waals surface area contributed by atoms with Gasteiger partial charge < -0.3 is 15.5 Å². The van der Waals surface area contributed by atoms with Gasteiger partial charge in [0.25, 0.3) is 0 Å². The first-order valence-corrected chi connectivity index (χ1v) is 7.82. The minimum atomic E-state index is 0. The lowest BCUT2D eigenvalue weighted by Gasteiger charge is -2.35. The zero-order chi connectivity index (χ0) is 13.5. The van der Waals surface area contributed by atoms with Crippen molar-refractivity contribution in [2.45, 2.75) is 51.1 Å². The molecular formula is C15H29Cl2N3O. The molecule has 0 radical (unpaired) electrons. The van der Waals surface area contributed by atoms with Crippen molar-refractivity contribution >= 4 is 30.7 Å². The molecule has 1 aliphatic carbocycles. The maximum absolute atomic E-state index is 12.4. The molecule has 3 atom stereocenters. The van der Waals surface area contributed by atoms with Gasteiger partial charge in [-0.1, -0.05) is 0 Å². The van der Waals surface area contributed by atoms with Crippen LogP contribution >= 0.6 is 24.8 Å². The van der Waals surface area contributed by atoms with Crippen molar-refractivity contribution in [3.63, 3.8) is 0 Å². The normalized spacial score (nSPS) is 34.5. The Bertz CT molecular complexity index is 361. The molecule has 0 aromatic heterocycles. The molecule has 0 bridgehead atoms. The second-order valence-electron chi connectivity index (χ2n) is 6.93. The Morgan fingerprint density at radius 2 is 1.95 bits per heavy atom. The van der Waals surface area contributed by atoms with E-state index in [1.54, 1.807) is 0 Å². The average Bonchev–Trinajstić information content (AvgIpc) is 3.08. The van der Waals surface area contributed by atoms with Crippen LogP contribution in [0, 0.1) is 11.3 Å². The fraction of sp³-hybridized carbons (Fsp3) is 0.933. The molecule has 2 aliphatic heterocycles. The molecule has 4 nitrogen and oxygen atoms in total. The van der Waals surface area contributed by atoms with E-state index in [-0.39, 0.29) is 24.8 Å². The zero-order valence-corrected chi connectivity index (χ0v) is 14.7. The van der Waals surface area contributed by atoms with Crippen LogP contribution in [0.4, 0.5) is 0 Å². The van der Waals surface area contributed by atoms with Crippen molar-refractivity contribution in [3.05, 3.63) is 0 Å². The average molecular weight is 338 g/mol. The maximum atomic E-state index is 12.4. The van der Waals surface area contributed by atoms with E-state index in [0.717, 1.165) is 38.9 Å². The highest BCUT2D eigenvalue weighted by Gasteiger charge is 2.57. The van der Waals surface area contributed by atoms with E-state index in [0.29, 0.717) is 29.3 Å². The summed E-state index contributed by atoms with van der Waals surface area (Å²) in [7, 11) is 2.17. The number of hydrogen-bond donors (Lipinski definition) is 2. The second kappa shape index (κ2) is 7.49. The van der Waals surface area contributed by atoms with Gasteiger partial charge in [0.2, 0.25) is 5.91 Å². The van der Waals surface area contributed by atoms with Crippen LogP contribution in [0.5, 0.6) is 0 Å². The number of nitrogens with zero attached hydrogens (tertiary/aromatic N) is 1. The van der Waals surface area contributed by atoms with Crippen LogP contribution < -0.4 is 10.6 Å². The molecule has 3 unspecified atom stereocenters. The van der Waals surface area contributed by atoms with Crippen LogP contribution in [0.15, 0.2) is 0 Å². The largest absolute Gasteiger partial charge is 0.353 e. The molecule has 2 saturated heterocycles. The predicted octanol–water partition coefficient (Wildman–Crippen LogP) is 1.82. The molecule has 21 heavy (non-hydrogen) atoms. The highest BCUT2D eigenvalue weighted by Crippen LogP contribution is 2.58. The summed E-state index contributed by atoms with van der Waals surface area (Å²) in [6, 6.07) is 0.990. The van der Waals surface area contributed by atoms with E-state index in [2.05, 4.69) is 29.5 Å². The third-order valence-corrected chi connectivity index (χ3v) is 5.66. The Labute approximate surface area is 140 Å². The van der Waals surface area contributed by atoms with Crippen molar-refractivity contribution in [1.29, 1.82) is 0 Å². The van der Waals surface area contributed by atoms with Gasteiger partial charge in [0.15, 0.2) is 0 Å².